The quantitative estimate of drug-likeness (QED) is 0.491. The number of carbonyl (C=O) groups is 2. The predicted octanol–water partition coefficient (Wildman–Crippen LogP) is 0.825. The van der Waals surface area contributed by atoms with E-state index in [2.05, 4.69) is 16.0 Å². The van der Waals surface area contributed by atoms with Crippen LogP contribution in [0.15, 0.2) is 0 Å². The molecule has 108 valence electrons. The van der Waals surface area contributed by atoms with Crippen LogP contribution in [-0.4, -0.2) is 41.8 Å². The van der Waals surface area contributed by atoms with Crippen molar-refractivity contribution in [1.29, 1.82) is 0 Å². The second kappa shape index (κ2) is 6.23. The van der Waals surface area contributed by atoms with Crippen molar-refractivity contribution in [1.82, 2.24) is 16.0 Å². The molecule has 0 aromatic rings. The minimum atomic E-state index is -0.853. The highest BCUT2D eigenvalue weighted by atomic mass is 16.4. The number of urea groups is 1. The van der Waals surface area contributed by atoms with Crippen molar-refractivity contribution >= 4 is 12.0 Å². The van der Waals surface area contributed by atoms with Crippen molar-refractivity contribution in [3.63, 3.8) is 0 Å². The Kier molecular flexibility index (Phi) is 4.63. The Bertz CT molecular complexity index is 338. The van der Waals surface area contributed by atoms with E-state index in [4.69, 9.17) is 5.11 Å². The molecule has 2 fully saturated rings. The maximum absolute atomic E-state index is 11.7. The molecule has 6 heteroatoms. The maximum atomic E-state index is 11.7. The summed E-state index contributed by atoms with van der Waals surface area (Å²) in [7, 11) is 0. The van der Waals surface area contributed by atoms with Crippen LogP contribution >= 0.6 is 0 Å². The number of amides is 2. The molecule has 19 heavy (non-hydrogen) atoms. The number of carbonyl (C=O) groups excluding carboxylic acids is 1. The zero-order valence-corrected chi connectivity index (χ0v) is 11.2. The van der Waals surface area contributed by atoms with Crippen molar-refractivity contribution in [3.8, 4) is 0 Å². The molecule has 0 unspecified atom stereocenters. The van der Waals surface area contributed by atoms with E-state index >= 15 is 0 Å². The predicted molar refractivity (Wildman–Crippen MR) is 71.0 cm³/mol. The van der Waals surface area contributed by atoms with Crippen molar-refractivity contribution < 1.29 is 14.7 Å². The Labute approximate surface area is 113 Å². The minimum Gasteiger partial charge on any atom is -0.481 e. The van der Waals surface area contributed by atoms with E-state index < -0.39 is 11.5 Å². The molecular weight excluding hydrogens is 246 g/mol. The van der Waals surface area contributed by atoms with Crippen LogP contribution in [-0.2, 0) is 4.79 Å². The lowest BCUT2D eigenvalue weighted by molar-refractivity contribution is -0.139. The van der Waals surface area contributed by atoms with Crippen LogP contribution in [0.4, 0.5) is 4.79 Å². The summed E-state index contributed by atoms with van der Waals surface area (Å²) in [6, 6.07) is 0.454. The Morgan fingerprint density at radius 2 is 1.95 bits per heavy atom. The fourth-order valence-electron chi connectivity index (χ4n) is 2.41. The molecule has 4 N–H and O–H groups in total. The van der Waals surface area contributed by atoms with Gasteiger partial charge < -0.3 is 21.1 Å². The van der Waals surface area contributed by atoms with E-state index in [9.17, 15) is 9.59 Å². The number of hydrogen-bond donors (Lipinski definition) is 4. The van der Waals surface area contributed by atoms with E-state index in [0.717, 1.165) is 32.2 Å². The third-order valence-electron chi connectivity index (χ3n) is 3.83. The van der Waals surface area contributed by atoms with Gasteiger partial charge in [-0.05, 0) is 45.1 Å². The second-order valence-corrected chi connectivity index (χ2v) is 5.67. The molecule has 0 spiro atoms. The van der Waals surface area contributed by atoms with E-state index in [0.29, 0.717) is 12.6 Å². The molecule has 2 rings (SSSR count). The van der Waals surface area contributed by atoms with Gasteiger partial charge >= 0.3 is 12.0 Å². The van der Waals surface area contributed by atoms with Crippen molar-refractivity contribution in [2.24, 2.45) is 0 Å². The average molecular weight is 269 g/mol. The van der Waals surface area contributed by atoms with Crippen LogP contribution in [0.25, 0.3) is 0 Å². The van der Waals surface area contributed by atoms with Gasteiger partial charge in [-0.3, -0.25) is 4.79 Å². The topological polar surface area (TPSA) is 90.5 Å². The summed E-state index contributed by atoms with van der Waals surface area (Å²) in [4.78, 5) is 22.5. The number of carboxylic acids is 1. The van der Waals surface area contributed by atoms with Gasteiger partial charge in [0.05, 0.1) is 12.0 Å². The van der Waals surface area contributed by atoms with Gasteiger partial charge in [0, 0.05) is 12.6 Å². The lowest BCUT2D eigenvalue weighted by atomic mass is 9.74. The Morgan fingerprint density at radius 1 is 1.21 bits per heavy atom. The maximum Gasteiger partial charge on any atom is 0.315 e. The number of carboxylic acid groups (broad SMARTS) is 1. The summed E-state index contributed by atoms with van der Waals surface area (Å²) in [5, 5.41) is 17.8. The first-order valence-electron chi connectivity index (χ1n) is 7.11. The molecule has 0 radical (unpaired) electrons. The summed E-state index contributed by atoms with van der Waals surface area (Å²) in [6.07, 6.45) is 5.96. The summed E-state index contributed by atoms with van der Waals surface area (Å²) in [6.45, 7) is 1.54. The first-order chi connectivity index (χ1) is 9.10. The number of aliphatic carboxylic acids is 1. The van der Waals surface area contributed by atoms with Gasteiger partial charge in [0.2, 0.25) is 0 Å². The highest BCUT2D eigenvalue weighted by molar-refractivity contribution is 5.77. The van der Waals surface area contributed by atoms with Crippen LogP contribution in [0.5, 0.6) is 0 Å². The lowest BCUT2D eigenvalue weighted by Gasteiger charge is -2.41. The normalized spacial score (nSPS) is 20.4. The molecule has 0 aromatic heterocycles. The molecule has 0 aliphatic heterocycles. The smallest absolute Gasteiger partial charge is 0.315 e. The molecule has 2 aliphatic rings. The molecular formula is C13H23N3O3. The summed E-state index contributed by atoms with van der Waals surface area (Å²) < 4.78 is 0. The third-order valence-corrected chi connectivity index (χ3v) is 3.83. The van der Waals surface area contributed by atoms with Gasteiger partial charge in [0.15, 0.2) is 0 Å². The Morgan fingerprint density at radius 3 is 2.47 bits per heavy atom. The van der Waals surface area contributed by atoms with E-state index in [1.165, 1.54) is 12.8 Å². The standard InChI is InChI=1S/C13H23N3O3/c17-11(18)9-13(5-1-6-13)16-12(19)15-8-2-7-14-10-3-4-10/h10,14H,1-9H2,(H,17,18)(H2,15,16,19). The van der Waals surface area contributed by atoms with Gasteiger partial charge in [0.1, 0.15) is 0 Å². The molecule has 0 bridgehead atoms. The fraction of sp³-hybridized carbons (Fsp3) is 0.846. The monoisotopic (exact) mass is 269 g/mol. The van der Waals surface area contributed by atoms with Crippen LogP contribution in [0.3, 0.4) is 0 Å². The van der Waals surface area contributed by atoms with Crippen LogP contribution < -0.4 is 16.0 Å². The Hall–Kier alpha value is -1.30. The van der Waals surface area contributed by atoms with E-state index in [1.807, 2.05) is 0 Å². The van der Waals surface area contributed by atoms with Gasteiger partial charge in [-0.2, -0.15) is 0 Å². The first-order valence-corrected chi connectivity index (χ1v) is 7.11. The van der Waals surface area contributed by atoms with Gasteiger partial charge in [0.25, 0.3) is 0 Å². The van der Waals surface area contributed by atoms with Crippen LogP contribution in [0.2, 0.25) is 0 Å². The van der Waals surface area contributed by atoms with Gasteiger partial charge in [-0.1, -0.05) is 0 Å². The van der Waals surface area contributed by atoms with Crippen molar-refractivity contribution in [3.05, 3.63) is 0 Å². The molecule has 0 atom stereocenters. The lowest BCUT2D eigenvalue weighted by Crippen LogP contribution is -2.57. The SMILES string of the molecule is O=C(O)CC1(NC(=O)NCCCNC2CC2)CCC1. The summed E-state index contributed by atoms with van der Waals surface area (Å²) >= 11 is 0. The van der Waals surface area contributed by atoms with Crippen LogP contribution in [0, 0.1) is 0 Å². The molecule has 0 aromatic carbocycles. The average Bonchev–Trinajstić information content (AvgIpc) is 3.09. The van der Waals surface area contributed by atoms with E-state index in [-0.39, 0.29) is 12.5 Å². The van der Waals surface area contributed by atoms with E-state index in [1.54, 1.807) is 0 Å². The number of hydrogen-bond acceptors (Lipinski definition) is 3. The molecule has 2 aliphatic carbocycles. The van der Waals surface area contributed by atoms with Crippen molar-refractivity contribution in [2.75, 3.05) is 13.1 Å². The highest BCUT2D eigenvalue weighted by Gasteiger charge is 2.40. The third kappa shape index (κ3) is 4.70. The number of rotatable bonds is 8. The number of nitrogens with one attached hydrogen (secondary N) is 3. The zero-order valence-electron chi connectivity index (χ0n) is 11.2. The molecule has 0 heterocycles. The van der Waals surface area contributed by atoms with Gasteiger partial charge in [-0.25, -0.2) is 4.79 Å². The summed E-state index contributed by atoms with van der Waals surface area (Å²) in [5.74, 6) is -0.853. The van der Waals surface area contributed by atoms with Crippen LogP contribution in [0.1, 0.15) is 44.9 Å². The minimum absolute atomic E-state index is 0.0175. The van der Waals surface area contributed by atoms with Gasteiger partial charge in [-0.15, -0.1) is 0 Å². The molecule has 2 saturated carbocycles. The highest BCUT2D eigenvalue weighted by Crippen LogP contribution is 2.34. The molecule has 0 saturated heterocycles. The second-order valence-electron chi connectivity index (χ2n) is 5.67. The Balaban J connectivity index is 1.58. The summed E-state index contributed by atoms with van der Waals surface area (Å²) in [5.41, 5.74) is -0.512. The molecule has 2 amide bonds. The largest absolute Gasteiger partial charge is 0.481 e. The molecule has 6 nitrogen and oxygen atoms in total. The fourth-order valence-corrected chi connectivity index (χ4v) is 2.41. The van der Waals surface area contributed by atoms with Crippen molar-refractivity contribution in [2.45, 2.75) is 56.5 Å². The first kappa shape index (κ1) is 14.1. The zero-order chi connectivity index (χ0) is 13.7.